The van der Waals surface area contributed by atoms with Crippen LogP contribution in [-0.4, -0.2) is 50.9 Å². The first-order valence-electron chi connectivity index (χ1n) is 7.50. The molecule has 2 aromatic rings. The average Bonchev–Trinajstić information content (AvgIpc) is 2.75. The molecule has 110 valence electrons. The molecule has 3 heterocycles. The van der Waals surface area contributed by atoms with Crippen molar-refractivity contribution < 1.29 is 0 Å². The Morgan fingerprint density at radius 1 is 0.810 bits per heavy atom. The van der Waals surface area contributed by atoms with Gasteiger partial charge in [0.1, 0.15) is 0 Å². The van der Waals surface area contributed by atoms with Crippen molar-refractivity contribution in [2.75, 3.05) is 26.2 Å². The quantitative estimate of drug-likeness (QED) is 0.852. The molecule has 0 atom stereocenters. The highest BCUT2D eigenvalue weighted by Crippen LogP contribution is 2.09. The largest absolute Gasteiger partial charge is 0.296 e. The maximum atomic E-state index is 4.42. The van der Waals surface area contributed by atoms with Crippen molar-refractivity contribution >= 4 is 0 Å². The van der Waals surface area contributed by atoms with Gasteiger partial charge in [-0.1, -0.05) is 6.07 Å². The lowest BCUT2D eigenvalue weighted by Crippen LogP contribution is -2.30. The number of hydrogen-bond acceptors (Lipinski definition) is 5. The minimum Gasteiger partial charge on any atom is -0.296 e. The van der Waals surface area contributed by atoms with Crippen LogP contribution >= 0.6 is 0 Å². The van der Waals surface area contributed by atoms with Crippen LogP contribution in [0.25, 0.3) is 0 Å². The van der Waals surface area contributed by atoms with E-state index in [1.807, 2.05) is 18.5 Å². The maximum absolute atomic E-state index is 4.42. The standard InChI is InChI=1S/C16H21N5/c1-2-5-18-15(4-1)13-20-8-3-9-21(11-10-20)14-16-12-17-6-7-19-16/h1-2,4-7,12H,3,8-11,13-14H2. The van der Waals surface area contributed by atoms with Crippen LogP contribution in [0.1, 0.15) is 17.8 Å². The van der Waals surface area contributed by atoms with E-state index < -0.39 is 0 Å². The summed E-state index contributed by atoms with van der Waals surface area (Å²) in [5.74, 6) is 0. The third-order valence-corrected chi connectivity index (χ3v) is 3.80. The van der Waals surface area contributed by atoms with E-state index in [1.165, 1.54) is 6.42 Å². The molecule has 0 spiro atoms. The topological polar surface area (TPSA) is 45.2 Å². The highest BCUT2D eigenvalue weighted by atomic mass is 15.2. The summed E-state index contributed by atoms with van der Waals surface area (Å²) in [6.45, 7) is 6.24. The van der Waals surface area contributed by atoms with Crippen LogP contribution in [0.3, 0.4) is 0 Å². The van der Waals surface area contributed by atoms with E-state index in [9.17, 15) is 0 Å². The summed E-state index contributed by atoms with van der Waals surface area (Å²) in [5.41, 5.74) is 2.20. The predicted octanol–water partition coefficient (Wildman–Crippen LogP) is 1.58. The molecule has 0 aliphatic carbocycles. The van der Waals surface area contributed by atoms with Gasteiger partial charge in [0.05, 0.1) is 11.4 Å². The molecule has 0 N–H and O–H groups in total. The normalized spacial score (nSPS) is 17.5. The summed E-state index contributed by atoms with van der Waals surface area (Å²) in [4.78, 5) is 17.9. The Hall–Kier alpha value is -1.85. The third-order valence-electron chi connectivity index (χ3n) is 3.80. The van der Waals surface area contributed by atoms with Gasteiger partial charge in [-0.3, -0.25) is 24.8 Å². The Labute approximate surface area is 125 Å². The fourth-order valence-electron chi connectivity index (χ4n) is 2.70. The number of pyridine rings is 1. The predicted molar refractivity (Wildman–Crippen MR) is 81.4 cm³/mol. The second-order valence-corrected chi connectivity index (χ2v) is 5.42. The Morgan fingerprint density at radius 2 is 1.57 bits per heavy atom. The molecule has 1 saturated heterocycles. The number of rotatable bonds is 4. The fraction of sp³-hybridized carbons (Fsp3) is 0.438. The Morgan fingerprint density at radius 3 is 2.24 bits per heavy atom. The average molecular weight is 283 g/mol. The molecular weight excluding hydrogens is 262 g/mol. The van der Waals surface area contributed by atoms with Crippen molar-refractivity contribution in [3.05, 3.63) is 54.4 Å². The van der Waals surface area contributed by atoms with Crippen LogP contribution in [0, 0.1) is 0 Å². The van der Waals surface area contributed by atoms with E-state index >= 15 is 0 Å². The van der Waals surface area contributed by atoms with Crippen molar-refractivity contribution in [1.82, 2.24) is 24.8 Å². The number of nitrogens with zero attached hydrogens (tertiary/aromatic N) is 5. The molecule has 0 bridgehead atoms. The third kappa shape index (κ3) is 4.31. The van der Waals surface area contributed by atoms with Gasteiger partial charge in [-0.2, -0.15) is 0 Å². The summed E-state index contributed by atoms with van der Waals surface area (Å²) in [6.07, 6.45) is 8.40. The summed E-state index contributed by atoms with van der Waals surface area (Å²) in [6, 6.07) is 6.12. The van der Waals surface area contributed by atoms with Crippen LogP contribution in [0.2, 0.25) is 0 Å². The zero-order chi connectivity index (χ0) is 14.3. The monoisotopic (exact) mass is 283 g/mol. The molecule has 0 unspecified atom stereocenters. The van der Waals surface area contributed by atoms with Gasteiger partial charge >= 0.3 is 0 Å². The van der Waals surface area contributed by atoms with Crippen molar-refractivity contribution in [3.8, 4) is 0 Å². The molecule has 1 fully saturated rings. The summed E-state index contributed by atoms with van der Waals surface area (Å²) in [5, 5.41) is 0. The van der Waals surface area contributed by atoms with Gasteiger partial charge in [-0.15, -0.1) is 0 Å². The Bertz CT molecular complexity index is 481. The van der Waals surface area contributed by atoms with E-state index in [-0.39, 0.29) is 0 Å². The zero-order valence-corrected chi connectivity index (χ0v) is 12.2. The summed E-state index contributed by atoms with van der Waals surface area (Å²) >= 11 is 0. The molecule has 2 aromatic heterocycles. The Kier molecular flexibility index (Phi) is 4.86. The van der Waals surface area contributed by atoms with E-state index in [0.717, 1.165) is 50.7 Å². The van der Waals surface area contributed by atoms with Crippen molar-refractivity contribution in [3.63, 3.8) is 0 Å². The van der Waals surface area contributed by atoms with Gasteiger partial charge in [0.15, 0.2) is 0 Å². The van der Waals surface area contributed by atoms with E-state index in [2.05, 4.69) is 36.9 Å². The highest BCUT2D eigenvalue weighted by molar-refractivity contribution is 5.03. The van der Waals surface area contributed by atoms with Gasteiger partial charge in [-0.05, 0) is 31.6 Å². The minimum atomic E-state index is 0.894. The van der Waals surface area contributed by atoms with E-state index in [1.54, 1.807) is 12.4 Å². The van der Waals surface area contributed by atoms with E-state index in [0.29, 0.717) is 0 Å². The van der Waals surface area contributed by atoms with Crippen LogP contribution < -0.4 is 0 Å². The first kappa shape index (κ1) is 14.1. The van der Waals surface area contributed by atoms with Crippen molar-refractivity contribution in [2.45, 2.75) is 19.5 Å². The molecule has 21 heavy (non-hydrogen) atoms. The lowest BCUT2D eigenvalue weighted by molar-refractivity contribution is 0.244. The molecule has 0 amide bonds. The van der Waals surface area contributed by atoms with E-state index in [4.69, 9.17) is 0 Å². The highest BCUT2D eigenvalue weighted by Gasteiger charge is 2.15. The molecule has 0 aromatic carbocycles. The molecular formula is C16H21N5. The second-order valence-electron chi connectivity index (χ2n) is 5.42. The van der Waals surface area contributed by atoms with Crippen molar-refractivity contribution in [1.29, 1.82) is 0 Å². The van der Waals surface area contributed by atoms with Gasteiger partial charge in [-0.25, -0.2) is 0 Å². The smallest absolute Gasteiger partial charge is 0.0726 e. The summed E-state index contributed by atoms with van der Waals surface area (Å²) < 4.78 is 0. The van der Waals surface area contributed by atoms with Gasteiger partial charge in [0, 0.05) is 51.0 Å². The fourth-order valence-corrected chi connectivity index (χ4v) is 2.70. The lowest BCUT2D eigenvalue weighted by atomic mass is 10.3. The lowest BCUT2D eigenvalue weighted by Gasteiger charge is -2.21. The van der Waals surface area contributed by atoms with Crippen LogP contribution in [0.4, 0.5) is 0 Å². The molecule has 1 aliphatic rings. The minimum absolute atomic E-state index is 0.894. The van der Waals surface area contributed by atoms with Gasteiger partial charge < -0.3 is 0 Å². The van der Waals surface area contributed by atoms with Gasteiger partial charge in [0.2, 0.25) is 0 Å². The molecule has 3 rings (SSSR count). The van der Waals surface area contributed by atoms with Crippen LogP contribution in [0.15, 0.2) is 43.0 Å². The first-order chi connectivity index (χ1) is 10.4. The second kappa shape index (κ2) is 7.24. The zero-order valence-electron chi connectivity index (χ0n) is 12.2. The van der Waals surface area contributed by atoms with Gasteiger partial charge in [0.25, 0.3) is 0 Å². The summed E-state index contributed by atoms with van der Waals surface area (Å²) in [7, 11) is 0. The maximum Gasteiger partial charge on any atom is 0.0726 e. The first-order valence-corrected chi connectivity index (χ1v) is 7.50. The molecule has 0 saturated carbocycles. The molecule has 1 aliphatic heterocycles. The molecule has 5 nitrogen and oxygen atoms in total. The van der Waals surface area contributed by atoms with Crippen molar-refractivity contribution in [2.24, 2.45) is 0 Å². The molecule has 0 radical (unpaired) electrons. The Balaban J connectivity index is 1.52. The number of hydrogen-bond donors (Lipinski definition) is 0. The number of aromatic nitrogens is 3. The molecule has 5 heteroatoms. The van der Waals surface area contributed by atoms with Crippen LogP contribution in [-0.2, 0) is 13.1 Å². The van der Waals surface area contributed by atoms with Crippen LogP contribution in [0.5, 0.6) is 0 Å². The SMILES string of the molecule is c1ccc(CN2CCCN(Cc3cnccn3)CC2)nc1.